The molecular weight excluding hydrogens is 188 g/mol. The first-order valence-corrected chi connectivity index (χ1v) is 5.67. The van der Waals surface area contributed by atoms with E-state index in [1.54, 1.807) is 12.5 Å². The van der Waals surface area contributed by atoms with E-state index in [2.05, 4.69) is 18.9 Å². The molecule has 1 aromatic heterocycles. The molecule has 0 aliphatic rings. The van der Waals surface area contributed by atoms with Crippen LogP contribution in [-0.2, 0) is 6.54 Å². The van der Waals surface area contributed by atoms with E-state index in [-0.39, 0.29) is 0 Å². The smallest absolute Gasteiger partial charge is 0.0947 e. The molecule has 1 aromatic rings. The molecule has 1 rings (SSSR count). The molecule has 1 atom stereocenters. The molecule has 0 saturated heterocycles. The van der Waals surface area contributed by atoms with Crippen LogP contribution < -0.4 is 5.73 Å². The Labute approximate surface area is 92.2 Å². The van der Waals surface area contributed by atoms with E-state index in [9.17, 15) is 0 Å². The van der Waals surface area contributed by atoms with Gasteiger partial charge >= 0.3 is 0 Å². The van der Waals surface area contributed by atoms with Crippen molar-refractivity contribution in [2.24, 2.45) is 5.73 Å². The number of rotatable bonds is 7. The highest BCUT2D eigenvalue weighted by Gasteiger charge is 2.07. The van der Waals surface area contributed by atoms with E-state index in [0.717, 1.165) is 19.5 Å². The van der Waals surface area contributed by atoms with E-state index >= 15 is 0 Å². The van der Waals surface area contributed by atoms with Crippen molar-refractivity contribution in [2.75, 3.05) is 13.6 Å². The van der Waals surface area contributed by atoms with Crippen molar-refractivity contribution in [1.82, 2.24) is 4.90 Å². The average molecular weight is 210 g/mol. The monoisotopic (exact) mass is 210 g/mol. The van der Waals surface area contributed by atoms with Crippen molar-refractivity contribution < 1.29 is 4.42 Å². The Kier molecular flexibility index (Phi) is 5.43. The standard InChI is InChI=1S/C12H22N2O/c1-3-4-5-12(13)9-14(2)8-11-6-7-15-10-11/h6-7,10,12H,3-5,8-9,13H2,1-2H3. The van der Waals surface area contributed by atoms with E-state index in [1.165, 1.54) is 18.4 Å². The minimum Gasteiger partial charge on any atom is -0.472 e. The van der Waals surface area contributed by atoms with Crippen molar-refractivity contribution in [3.8, 4) is 0 Å². The van der Waals surface area contributed by atoms with Gasteiger partial charge in [-0.25, -0.2) is 0 Å². The Hall–Kier alpha value is -0.800. The van der Waals surface area contributed by atoms with Gasteiger partial charge in [-0.3, -0.25) is 0 Å². The molecule has 0 spiro atoms. The van der Waals surface area contributed by atoms with E-state index in [1.807, 2.05) is 6.07 Å². The lowest BCUT2D eigenvalue weighted by Gasteiger charge is -2.20. The second-order valence-electron chi connectivity index (χ2n) is 4.23. The molecule has 0 radical (unpaired) electrons. The molecule has 0 bridgehead atoms. The molecule has 3 heteroatoms. The normalized spacial score (nSPS) is 13.3. The summed E-state index contributed by atoms with van der Waals surface area (Å²) in [6.45, 7) is 4.06. The molecule has 0 aliphatic carbocycles. The first kappa shape index (κ1) is 12.3. The first-order chi connectivity index (χ1) is 7.22. The number of likely N-dealkylation sites (N-methyl/N-ethyl adjacent to an activating group) is 1. The van der Waals surface area contributed by atoms with Crippen LogP contribution in [0.4, 0.5) is 0 Å². The van der Waals surface area contributed by atoms with Gasteiger partial charge < -0.3 is 15.1 Å². The number of unbranched alkanes of at least 4 members (excludes halogenated alkanes) is 1. The average Bonchev–Trinajstić information content (AvgIpc) is 2.67. The molecule has 3 nitrogen and oxygen atoms in total. The number of furan rings is 1. The van der Waals surface area contributed by atoms with E-state index in [4.69, 9.17) is 10.2 Å². The second-order valence-corrected chi connectivity index (χ2v) is 4.23. The van der Waals surface area contributed by atoms with Crippen molar-refractivity contribution in [3.63, 3.8) is 0 Å². The van der Waals surface area contributed by atoms with Crippen LogP contribution in [0.25, 0.3) is 0 Å². The maximum absolute atomic E-state index is 6.02. The van der Waals surface area contributed by atoms with Crippen LogP contribution in [0.5, 0.6) is 0 Å². The molecule has 86 valence electrons. The summed E-state index contributed by atoms with van der Waals surface area (Å²) < 4.78 is 5.03. The molecule has 0 amide bonds. The Morgan fingerprint density at radius 2 is 2.33 bits per heavy atom. The van der Waals surface area contributed by atoms with Crippen LogP contribution in [0, 0.1) is 0 Å². The predicted molar refractivity (Wildman–Crippen MR) is 62.5 cm³/mol. The summed E-state index contributed by atoms with van der Waals surface area (Å²) in [5, 5.41) is 0. The fourth-order valence-corrected chi connectivity index (χ4v) is 1.72. The summed E-state index contributed by atoms with van der Waals surface area (Å²) in [4.78, 5) is 2.24. The predicted octanol–water partition coefficient (Wildman–Crippen LogP) is 2.23. The molecule has 0 aromatic carbocycles. The van der Waals surface area contributed by atoms with Crippen molar-refractivity contribution in [2.45, 2.75) is 38.8 Å². The lowest BCUT2D eigenvalue weighted by Crippen LogP contribution is -2.34. The summed E-state index contributed by atoms with van der Waals surface area (Å²) >= 11 is 0. The summed E-state index contributed by atoms with van der Waals surface area (Å²) in [6.07, 6.45) is 7.06. The molecule has 0 aliphatic heterocycles. The van der Waals surface area contributed by atoms with E-state index in [0.29, 0.717) is 6.04 Å². The van der Waals surface area contributed by atoms with Gasteiger partial charge in [-0.05, 0) is 19.5 Å². The third-order valence-electron chi connectivity index (χ3n) is 2.51. The molecule has 1 heterocycles. The lowest BCUT2D eigenvalue weighted by atomic mass is 10.1. The van der Waals surface area contributed by atoms with Gasteiger partial charge in [-0.1, -0.05) is 19.8 Å². The zero-order chi connectivity index (χ0) is 11.1. The molecule has 0 saturated carbocycles. The van der Waals surface area contributed by atoms with Gasteiger partial charge in [-0.15, -0.1) is 0 Å². The maximum Gasteiger partial charge on any atom is 0.0947 e. The van der Waals surface area contributed by atoms with Crippen molar-refractivity contribution in [1.29, 1.82) is 0 Å². The van der Waals surface area contributed by atoms with Crippen molar-refractivity contribution in [3.05, 3.63) is 24.2 Å². The van der Waals surface area contributed by atoms with Crippen LogP contribution in [0.2, 0.25) is 0 Å². The number of nitrogens with zero attached hydrogens (tertiary/aromatic N) is 1. The lowest BCUT2D eigenvalue weighted by molar-refractivity contribution is 0.294. The van der Waals surface area contributed by atoms with Gasteiger partial charge in [0.15, 0.2) is 0 Å². The highest BCUT2D eigenvalue weighted by atomic mass is 16.3. The van der Waals surface area contributed by atoms with Gasteiger partial charge in [0, 0.05) is 24.7 Å². The third-order valence-corrected chi connectivity index (χ3v) is 2.51. The summed E-state index contributed by atoms with van der Waals surface area (Å²) in [5.74, 6) is 0. The van der Waals surface area contributed by atoms with Crippen LogP contribution in [-0.4, -0.2) is 24.5 Å². The van der Waals surface area contributed by atoms with Gasteiger partial charge in [0.2, 0.25) is 0 Å². The topological polar surface area (TPSA) is 42.4 Å². The van der Waals surface area contributed by atoms with Crippen LogP contribution in [0.15, 0.2) is 23.0 Å². The van der Waals surface area contributed by atoms with Gasteiger partial charge in [0.1, 0.15) is 0 Å². The van der Waals surface area contributed by atoms with Crippen molar-refractivity contribution >= 4 is 0 Å². The Morgan fingerprint density at radius 1 is 1.53 bits per heavy atom. The quantitative estimate of drug-likeness (QED) is 0.750. The summed E-state index contributed by atoms with van der Waals surface area (Å²) in [5.41, 5.74) is 7.23. The first-order valence-electron chi connectivity index (χ1n) is 5.67. The Morgan fingerprint density at radius 3 is 2.93 bits per heavy atom. The molecule has 15 heavy (non-hydrogen) atoms. The van der Waals surface area contributed by atoms with Crippen LogP contribution >= 0.6 is 0 Å². The SMILES string of the molecule is CCCCC(N)CN(C)Cc1ccoc1. The molecule has 1 unspecified atom stereocenters. The molecule has 2 N–H and O–H groups in total. The van der Waals surface area contributed by atoms with Gasteiger partial charge in [0.25, 0.3) is 0 Å². The minimum atomic E-state index is 0.293. The van der Waals surface area contributed by atoms with Gasteiger partial charge in [0.05, 0.1) is 12.5 Å². The zero-order valence-corrected chi connectivity index (χ0v) is 9.78. The Bertz CT molecular complexity index is 246. The molecule has 0 fully saturated rings. The third kappa shape index (κ3) is 5.00. The van der Waals surface area contributed by atoms with Gasteiger partial charge in [-0.2, -0.15) is 0 Å². The summed E-state index contributed by atoms with van der Waals surface area (Å²) in [7, 11) is 2.10. The van der Waals surface area contributed by atoms with Crippen LogP contribution in [0.3, 0.4) is 0 Å². The highest BCUT2D eigenvalue weighted by molar-refractivity contribution is 5.04. The number of nitrogens with two attached hydrogens (primary N) is 1. The number of hydrogen-bond acceptors (Lipinski definition) is 3. The van der Waals surface area contributed by atoms with Crippen LogP contribution in [0.1, 0.15) is 31.7 Å². The fraction of sp³-hybridized carbons (Fsp3) is 0.667. The number of hydrogen-bond donors (Lipinski definition) is 1. The largest absolute Gasteiger partial charge is 0.472 e. The minimum absolute atomic E-state index is 0.293. The van der Waals surface area contributed by atoms with E-state index < -0.39 is 0 Å². The molecular formula is C12H22N2O. The maximum atomic E-state index is 6.02. The summed E-state index contributed by atoms with van der Waals surface area (Å²) in [6, 6.07) is 2.29. The fourth-order valence-electron chi connectivity index (χ4n) is 1.72. The highest BCUT2D eigenvalue weighted by Crippen LogP contribution is 2.05. The second kappa shape index (κ2) is 6.64. The zero-order valence-electron chi connectivity index (χ0n) is 9.78. The Balaban J connectivity index is 2.20.